The molecule has 2 N–H and O–H groups in total. The maximum atomic E-state index is 13.6. The Kier molecular flexibility index (Phi) is 8.05. The fourth-order valence-corrected chi connectivity index (χ4v) is 4.09. The lowest BCUT2D eigenvalue weighted by molar-refractivity contribution is -0.128. The van der Waals surface area contributed by atoms with E-state index < -0.39 is 41.6 Å². The molecular weight excluding hydrogens is 429 g/mol. The van der Waals surface area contributed by atoms with E-state index in [2.05, 4.69) is 27.0 Å². The van der Waals surface area contributed by atoms with Gasteiger partial charge in [0.05, 0.1) is 18.3 Å². The fraction of sp³-hybridized carbons (Fsp3) is 0.429. The summed E-state index contributed by atoms with van der Waals surface area (Å²) in [5.41, 5.74) is -0.482. The SMILES string of the molecule is CC(C(=O)NCC(=O)Nc1ccc(F)c(F)c1F)N1CCN(CCc2cccs2)CC1. The Bertz CT molecular complexity index is 902. The maximum Gasteiger partial charge on any atom is 0.243 e. The first-order valence-corrected chi connectivity index (χ1v) is 10.9. The van der Waals surface area contributed by atoms with Crippen LogP contribution in [0.3, 0.4) is 0 Å². The molecule has 1 fully saturated rings. The van der Waals surface area contributed by atoms with Crippen LogP contribution in [0, 0.1) is 17.5 Å². The van der Waals surface area contributed by atoms with Gasteiger partial charge in [-0.25, -0.2) is 13.2 Å². The number of rotatable bonds is 8. The van der Waals surface area contributed by atoms with Crippen LogP contribution in [0.2, 0.25) is 0 Å². The summed E-state index contributed by atoms with van der Waals surface area (Å²) in [5.74, 6) is -5.55. The first kappa shape index (κ1) is 23.2. The van der Waals surface area contributed by atoms with Crippen LogP contribution >= 0.6 is 11.3 Å². The lowest BCUT2D eigenvalue weighted by Crippen LogP contribution is -2.54. The van der Waals surface area contributed by atoms with Crippen LogP contribution in [0.5, 0.6) is 0 Å². The van der Waals surface area contributed by atoms with Crippen molar-refractivity contribution in [2.75, 3.05) is 44.6 Å². The molecule has 0 aliphatic carbocycles. The third-order valence-corrected chi connectivity index (χ3v) is 6.26. The third kappa shape index (κ3) is 6.28. The number of benzene rings is 1. The van der Waals surface area contributed by atoms with E-state index in [1.807, 2.05) is 11.0 Å². The highest BCUT2D eigenvalue weighted by atomic mass is 32.1. The van der Waals surface area contributed by atoms with Crippen LogP contribution in [0.1, 0.15) is 11.8 Å². The average molecular weight is 455 g/mol. The van der Waals surface area contributed by atoms with Gasteiger partial charge in [-0.2, -0.15) is 0 Å². The first-order chi connectivity index (χ1) is 14.8. The molecule has 2 heterocycles. The van der Waals surface area contributed by atoms with Crippen molar-refractivity contribution in [1.82, 2.24) is 15.1 Å². The predicted molar refractivity (Wildman–Crippen MR) is 113 cm³/mol. The molecule has 1 aliphatic rings. The van der Waals surface area contributed by atoms with Crippen LogP contribution in [0.4, 0.5) is 18.9 Å². The molecule has 3 rings (SSSR count). The third-order valence-electron chi connectivity index (χ3n) is 5.32. The number of hydrogen-bond donors (Lipinski definition) is 2. The second kappa shape index (κ2) is 10.7. The molecule has 0 spiro atoms. The minimum Gasteiger partial charge on any atom is -0.346 e. The summed E-state index contributed by atoms with van der Waals surface area (Å²) < 4.78 is 39.8. The lowest BCUT2D eigenvalue weighted by Gasteiger charge is -2.37. The molecule has 0 saturated carbocycles. The quantitative estimate of drug-likeness (QED) is 0.602. The smallest absolute Gasteiger partial charge is 0.243 e. The molecule has 2 amide bonds. The fourth-order valence-electron chi connectivity index (χ4n) is 3.40. The van der Waals surface area contributed by atoms with Crippen LogP contribution in [-0.2, 0) is 16.0 Å². The molecule has 10 heteroatoms. The van der Waals surface area contributed by atoms with E-state index in [4.69, 9.17) is 0 Å². The van der Waals surface area contributed by atoms with E-state index >= 15 is 0 Å². The zero-order valence-electron chi connectivity index (χ0n) is 17.2. The number of thiophene rings is 1. The van der Waals surface area contributed by atoms with Gasteiger partial charge in [0, 0.05) is 37.6 Å². The van der Waals surface area contributed by atoms with Crippen molar-refractivity contribution in [2.24, 2.45) is 0 Å². The highest BCUT2D eigenvalue weighted by Gasteiger charge is 2.26. The van der Waals surface area contributed by atoms with Crippen molar-refractivity contribution in [3.05, 3.63) is 52.0 Å². The number of carbonyl (C=O) groups is 2. The van der Waals surface area contributed by atoms with Gasteiger partial charge < -0.3 is 15.5 Å². The summed E-state index contributed by atoms with van der Waals surface area (Å²) >= 11 is 1.75. The summed E-state index contributed by atoms with van der Waals surface area (Å²) in [7, 11) is 0. The molecule has 1 atom stereocenters. The van der Waals surface area contributed by atoms with Crippen LogP contribution < -0.4 is 10.6 Å². The van der Waals surface area contributed by atoms with Gasteiger partial charge in [0.2, 0.25) is 11.8 Å². The lowest BCUT2D eigenvalue weighted by atomic mass is 10.2. The number of piperazine rings is 1. The maximum absolute atomic E-state index is 13.6. The van der Waals surface area contributed by atoms with Gasteiger partial charge >= 0.3 is 0 Å². The van der Waals surface area contributed by atoms with Gasteiger partial charge in [-0.15, -0.1) is 11.3 Å². The monoisotopic (exact) mass is 454 g/mol. The Morgan fingerprint density at radius 1 is 1.10 bits per heavy atom. The number of amides is 2. The highest BCUT2D eigenvalue weighted by molar-refractivity contribution is 7.09. The van der Waals surface area contributed by atoms with Gasteiger partial charge in [-0.05, 0) is 36.9 Å². The number of hydrogen-bond acceptors (Lipinski definition) is 5. The second-order valence-electron chi connectivity index (χ2n) is 7.37. The number of halogens is 3. The zero-order chi connectivity index (χ0) is 22.4. The standard InChI is InChI=1S/C21H25F3N4O2S/c1-14(28-10-8-27(9-11-28)7-6-15-3-2-12-31-15)21(30)25-13-18(29)26-17-5-4-16(22)19(23)20(17)24/h2-5,12,14H,6-11,13H2,1H3,(H,25,30)(H,26,29). The van der Waals surface area contributed by atoms with Crippen molar-refractivity contribution in [2.45, 2.75) is 19.4 Å². The van der Waals surface area contributed by atoms with Gasteiger partial charge in [-0.3, -0.25) is 14.5 Å². The van der Waals surface area contributed by atoms with E-state index in [0.29, 0.717) is 0 Å². The van der Waals surface area contributed by atoms with Gasteiger partial charge in [0.1, 0.15) is 0 Å². The highest BCUT2D eigenvalue weighted by Crippen LogP contribution is 2.19. The van der Waals surface area contributed by atoms with Crippen molar-refractivity contribution in [3.63, 3.8) is 0 Å². The minimum absolute atomic E-state index is 0.326. The molecule has 1 aromatic carbocycles. The molecule has 0 bridgehead atoms. The molecule has 0 radical (unpaired) electrons. The number of nitrogens with one attached hydrogen (secondary N) is 2. The van der Waals surface area contributed by atoms with Gasteiger partial charge in [0.15, 0.2) is 17.5 Å². The largest absolute Gasteiger partial charge is 0.346 e. The number of anilines is 1. The molecule has 6 nitrogen and oxygen atoms in total. The molecular formula is C21H25F3N4O2S. The summed E-state index contributed by atoms with van der Waals surface area (Å²) in [6.07, 6.45) is 1.02. The zero-order valence-corrected chi connectivity index (χ0v) is 18.0. The Balaban J connectivity index is 1.39. The molecule has 31 heavy (non-hydrogen) atoms. The summed E-state index contributed by atoms with van der Waals surface area (Å²) in [5, 5.41) is 6.71. The average Bonchev–Trinajstić information content (AvgIpc) is 3.30. The van der Waals surface area contributed by atoms with E-state index in [-0.39, 0.29) is 5.91 Å². The normalized spacial score (nSPS) is 16.1. The van der Waals surface area contributed by atoms with Crippen molar-refractivity contribution >= 4 is 28.8 Å². The van der Waals surface area contributed by atoms with Crippen molar-refractivity contribution in [1.29, 1.82) is 0 Å². The topological polar surface area (TPSA) is 64.7 Å². The summed E-state index contributed by atoms with van der Waals surface area (Å²) in [6, 6.07) is 5.40. The van der Waals surface area contributed by atoms with Crippen LogP contribution in [0.25, 0.3) is 0 Å². The molecule has 168 valence electrons. The minimum atomic E-state index is -1.66. The van der Waals surface area contributed by atoms with E-state index in [1.165, 1.54) is 4.88 Å². The molecule has 1 unspecified atom stereocenters. The number of carbonyl (C=O) groups excluding carboxylic acids is 2. The number of nitrogens with zero attached hydrogens (tertiary/aromatic N) is 2. The predicted octanol–water partition coefficient (Wildman–Crippen LogP) is 2.47. The van der Waals surface area contributed by atoms with Crippen LogP contribution in [-0.4, -0.2) is 66.9 Å². The molecule has 1 saturated heterocycles. The van der Waals surface area contributed by atoms with Crippen molar-refractivity contribution in [3.8, 4) is 0 Å². The second-order valence-corrected chi connectivity index (χ2v) is 8.40. The molecule has 1 aromatic heterocycles. The van der Waals surface area contributed by atoms with Crippen LogP contribution in [0.15, 0.2) is 29.6 Å². The Morgan fingerprint density at radius 3 is 2.52 bits per heavy atom. The van der Waals surface area contributed by atoms with E-state index in [1.54, 1.807) is 18.3 Å². The Morgan fingerprint density at radius 2 is 1.84 bits per heavy atom. The Labute approximate surface area is 183 Å². The first-order valence-electron chi connectivity index (χ1n) is 10.0. The van der Waals surface area contributed by atoms with Crippen molar-refractivity contribution < 1.29 is 22.8 Å². The molecule has 1 aliphatic heterocycles. The molecule has 2 aromatic rings. The van der Waals surface area contributed by atoms with E-state index in [9.17, 15) is 22.8 Å². The summed E-state index contributed by atoms with van der Waals surface area (Å²) in [4.78, 5) is 30.1. The summed E-state index contributed by atoms with van der Waals surface area (Å²) in [6.45, 7) is 5.55. The van der Waals surface area contributed by atoms with Gasteiger partial charge in [-0.1, -0.05) is 6.07 Å². The van der Waals surface area contributed by atoms with Gasteiger partial charge in [0.25, 0.3) is 0 Å². The van der Waals surface area contributed by atoms with E-state index in [0.717, 1.165) is 51.3 Å². The Hall–Kier alpha value is -2.43.